The highest BCUT2D eigenvalue weighted by atomic mass is 79.9. The van der Waals surface area contributed by atoms with E-state index in [2.05, 4.69) is 15.9 Å². The largest absolute Gasteiger partial charge is 0.488 e. The van der Waals surface area contributed by atoms with E-state index in [9.17, 15) is 4.79 Å². The van der Waals surface area contributed by atoms with Crippen molar-refractivity contribution in [2.75, 3.05) is 4.90 Å². The fourth-order valence-corrected chi connectivity index (χ4v) is 5.01. The number of rotatable bonds is 5. The van der Waals surface area contributed by atoms with Crippen LogP contribution in [0.4, 0.5) is 5.69 Å². The molecule has 1 saturated heterocycles. The molecule has 0 bridgehead atoms. The number of amides is 1. The van der Waals surface area contributed by atoms with Gasteiger partial charge in [-0.3, -0.25) is 9.69 Å². The van der Waals surface area contributed by atoms with Gasteiger partial charge in [0.1, 0.15) is 12.4 Å². The van der Waals surface area contributed by atoms with Gasteiger partial charge in [0.25, 0.3) is 5.91 Å². The van der Waals surface area contributed by atoms with Crippen LogP contribution in [0.15, 0.2) is 76.1 Å². The Morgan fingerprint density at radius 1 is 1.13 bits per heavy atom. The first kappa shape index (κ1) is 22.1. The zero-order valence-electron chi connectivity index (χ0n) is 16.5. The van der Waals surface area contributed by atoms with Gasteiger partial charge < -0.3 is 4.74 Å². The molecule has 0 aliphatic carbocycles. The topological polar surface area (TPSA) is 29.5 Å². The molecule has 4 rings (SSSR count). The van der Waals surface area contributed by atoms with Gasteiger partial charge in [-0.05, 0) is 82.0 Å². The molecule has 0 spiro atoms. The molecule has 0 atom stereocenters. The number of thiocarbonyl (C=S) groups is 1. The van der Waals surface area contributed by atoms with Crippen LogP contribution in [-0.2, 0) is 11.4 Å². The molecule has 1 amide bonds. The number of aryl methyl sites for hydroxylation is 1. The van der Waals surface area contributed by atoms with Crippen molar-refractivity contribution in [1.82, 2.24) is 0 Å². The fourth-order valence-electron chi connectivity index (χ4n) is 3.07. The summed E-state index contributed by atoms with van der Waals surface area (Å²) in [6.07, 6.45) is 1.85. The summed E-state index contributed by atoms with van der Waals surface area (Å²) in [4.78, 5) is 15.1. The molecule has 0 N–H and O–H groups in total. The number of halogens is 2. The Kier molecular flexibility index (Phi) is 6.82. The minimum absolute atomic E-state index is 0.111. The van der Waals surface area contributed by atoms with E-state index in [1.54, 1.807) is 4.90 Å². The van der Waals surface area contributed by atoms with Crippen molar-refractivity contribution in [2.45, 2.75) is 13.5 Å². The van der Waals surface area contributed by atoms with Gasteiger partial charge >= 0.3 is 0 Å². The Balaban J connectivity index is 1.49. The van der Waals surface area contributed by atoms with Crippen LogP contribution >= 0.6 is 51.5 Å². The highest BCUT2D eigenvalue weighted by Gasteiger charge is 2.33. The second-order valence-corrected chi connectivity index (χ2v) is 9.93. The normalized spacial score (nSPS) is 15.1. The lowest BCUT2D eigenvalue weighted by Gasteiger charge is -2.14. The van der Waals surface area contributed by atoms with Gasteiger partial charge in [0.2, 0.25) is 0 Å². The van der Waals surface area contributed by atoms with E-state index in [0.29, 0.717) is 20.9 Å². The number of thioether (sulfide) groups is 1. The van der Waals surface area contributed by atoms with Gasteiger partial charge in [-0.2, -0.15) is 0 Å². The molecule has 0 unspecified atom stereocenters. The molecular weight excluding hydrogens is 514 g/mol. The predicted molar refractivity (Wildman–Crippen MR) is 137 cm³/mol. The molecule has 156 valence electrons. The van der Waals surface area contributed by atoms with Gasteiger partial charge in [0, 0.05) is 5.02 Å². The number of carbonyl (C=O) groups is 1. The molecule has 1 aliphatic heterocycles. The SMILES string of the molecule is Cc1cccc(N2C(=O)/C(=C/c3ccc(OCc4ccc(Cl)cc4)c(Br)c3)SC2=S)c1. The van der Waals surface area contributed by atoms with Crippen molar-refractivity contribution in [3.8, 4) is 5.75 Å². The molecule has 0 saturated carbocycles. The Morgan fingerprint density at radius 3 is 2.61 bits per heavy atom. The van der Waals surface area contributed by atoms with E-state index in [0.717, 1.165) is 32.6 Å². The first-order chi connectivity index (χ1) is 14.9. The monoisotopic (exact) mass is 529 g/mol. The van der Waals surface area contributed by atoms with Gasteiger partial charge in [-0.15, -0.1) is 0 Å². The third kappa shape index (κ3) is 5.21. The van der Waals surface area contributed by atoms with Crippen LogP contribution in [0.2, 0.25) is 5.02 Å². The molecule has 0 radical (unpaired) electrons. The van der Waals surface area contributed by atoms with Crippen LogP contribution in [0, 0.1) is 6.92 Å². The summed E-state index contributed by atoms with van der Waals surface area (Å²) in [5.41, 5.74) is 3.78. The summed E-state index contributed by atoms with van der Waals surface area (Å²) < 4.78 is 7.24. The van der Waals surface area contributed by atoms with E-state index < -0.39 is 0 Å². The average Bonchev–Trinajstić information content (AvgIpc) is 3.01. The smallest absolute Gasteiger partial charge is 0.270 e. The Labute approximate surface area is 204 Å². The van der Waals surface area contributed by atoms with E-state index in [1.165, 1.54) is 11.8 Å². The van der Waals surface area contributed by atoms with Crippen LogP contribution < -0.4 is 9.64 Å². The zero-order valence-corrected chi connectivity index (χ0v) is 20.4. The summed E-state index contributed by atoms with van der Waals surface area (Å²) in [5, 5.41) is 0.696. The summed E-state index contributed by atoms with van der Waals surface area (Å²) in [5.74, 6) is 0.610. The highest BCUT2D eigenvalue weighted by Crippen LogP contribution is 2.37. The van der Waals surface area contributed by atoms with Gasteiger partial charge in [0.05, 0.1) is 15.1 Å². The minimum Gasteiger partial charge on any atom is -0.488 e. The van der Waals surface area contributed by atoms with Crippen molar-refractivity contribution in [3.63, 3.8) is 0 Å². The number of anilines is 1. The molecule has 1 fully saturated rings. The maximum absolute atomic E-state index is 13.0. The molecule has 3 aromatic rings. The summed E-state index contributed by atoms with van der Waals surface area (Å²) >= 11 is 16.3. The number of hydrogen-bond donors (Lipinski definition) is 0. The predicted octanol–water partition coefficient (Wildman–Crippen LogP) is 7.40. The lowest BCUT2D eigenvalue weighted by atomic mass is 10.2. The number of nitrogens with zero attached hydrogens (tertiary/aromatic N) is 1. The van der Waals surface area contributed by atoms with Crippen LogP contribution in [0.1, 0.15) is 16.7 Å². The molecule has 31 heavy (non-hydrogen) atoms. The highest BCUT2D eigenvalue weighted by molar-refractivity contribution is 9.10. The van der Waals surface area contributed by atoms with Crippen molar-refractivity contribution in [1.29, 1.82) is 0 Å². The van der Waals surface area contributed by atoms with Gasteiger partial charge in [-0.1, -0.05) is 65.9 Å². The first-order valence-corrected chi connectivity index (χ1v) is 11.8. The second-order valence-electron chi connectivity index (χ2n) is 6.96. The Hall–Kier alpha value is -2.12. The average molecular weight is 531 g/mol. The maximum atomic E-state index is 13.0. The van der Waals surface area contributed by atoms with E-state index in [4.69, 9.17) is 28.6 Å². The Morgan fingerprint density at radius 2 is 1.90 bits per heavy atom. The standard InChI is InChI=1S/C24H17BrClNO2S2/c1-15-3-2-4-19(11-15)27-23(28)22(31-24(27)30)13-17-7-10-21(20(25)12-17)29-14-16-5-8-18(26)9-6-16/h2-13H,14H2,1H3/b22-13-. The quantitative estimate of drug-likeness (QED) is 0.254. The Bertz CT molecular complexity index is 1190. The summed E-state index contributed by atoms with van der Waals surface area (Å²) in [6.45, 7) is 2.43. The minimum atomic E-state index is -0.111. The van der Waals surface area contributed by atoms with E-state index in [-0.39, 0.29) is 5.91 Å². The number of benzene rings is 3. The summed E-state index contributed by atoms with van der Waals surface area (Å²) in [6, 6.07) is 21.0. The van der Waals surface area contributed by atoms with Crippen LogP contribution in [-0.4, -0.2) is 10.2 Å². The van der Waals surface area contributed by atoms with Gasteiger partial charge in [0.15, 0.2) is 4.32 Å². The van der Waals surface area contributed by atoms with E-state index >= 15 is 0 Å². The van der Waals surface area contributed by atoms with Crippen molar-refractivity contribution in [2.24, 2.45) is 0 Å². The molecule has 1 heterocycles. The third-order valence-electron chi connectivity index (χ3n) is 4.61. The van der Waals surface area contributed by atoms with Crippen molar-refractivity contribution >= 4 is 73.5 Å². The maximum Gasteiger partial charge on any atom is 0.270 e. The van der Waals surface area contributed by atoms with Crippen LogP contribution in [0.3, 0.4) is 0 Å². The van der Waals surface area contributed by atoms with Gasteiger partial charge in [-0.25, -0.2) is 0 Å². The molecule has 3 aromatic carbocycles. The number of carbonyl (C=O) groups excluding carboxylic acids is 1. The molecule has 1 aliphatic rings. The summed E-state index contributed by atoms with van der Waals surface area (Å²) in [7, 11) is 0. The fraction of sp³-hybridized carbons (Fsp3) is 0.0833. The zero-order chi connectivity index (χ0) is 22.0. The molecule has 3 nitrogen and oxygen atoms in total. The molecule has 0 aromatic heterocycles. The van der Waals surface area contributed by atoms with Crippen LogP contribution in [0.25, 0.3) is 6.08 Å². The van der Waals surface area contributed by atoms with Crippen molar-refractivity contribution < 1.29 is 9.53 Å². The second kappa shape index (κ2) is 9.57. The first-order valence-electron chi connectivity index (χ1n) is 9.42. The molecule has 7 heteroatoms. The third-order valence-corrected chi connectivity index (χ3v) is 6.79. The van der Waals surface area contributed by atoms with Crippen molar-refractivity contribution in [3.05, 3.63) is 97.8 Å². The molecular formula is C24H17BrClNO2S2. The van der Waals surface area contributed by atoms with E-state index in [1.807, 2.05) is 79.7 Å². The number of hydrogen-bond acceptors (Lipinski definition) is 4. The number of ether oxygens (including phenoxy) is 1. The lowest BCUT2D eigenvalue weighted by Crippen LogP contribution is -2.27. The van der Waals surface area contributed by atoms with Crippen LogP contribution in [0.5, 0.6) is 5.75 Å². The lowest BCUT2D eigenvalue weighted by molar-refractivity contribution is -0.113.